The van der Waals surface area contributed by atoms with Crippen LogP contribution in [0.15, 0.2) is 491 Å². The molecule has 552 valence electrons. The molecule has 0 aliphatic heterocycles. The fraction of sp³-hybridized carbons (Fsp3) is 0. The minimum Gasteiger partial charge on any atom is -0.311 e. The lowest BCUT2D eigenvalue weighted by molar-refractivity contribution is 1.28. The zero-order valence-electron chi connectivity index (χ0n) is 64.6. The molecule has 0 saturated heterocycles. The Hall–Kier alpha value is -15.4. The maximum atomic E-state index is 2.32. The van der Waals surface area contributed by atoms with Gasteiger partial charge in [-0.1, -0.05) is 340 Å². The first-order valence-electron chi connectivity index (χ1n) is 40.1. The Bertz CT molecular complexity index is 6880. The van der Waals surface area contributed by atoms with Gasteiger partial charge in [-0.2, -0.15) is 0 Å². The maximum absolute atomic E-state index is 2.32. The summed E-state index contributed by atoms with van der Waals surface area (Å²) < 4.78 is 0. The van der Waals surface area contributed by atoms with Crippen molar-refractivity contribution >= 4 is 116 Å². The van der Waals surface area contributed by atoms with Crippen LogP contribution in [0, 0.1) is 0 Å². The van der Waals surface area contributed by atoms with Crippen molar-refractivity contribution in [2.75, 3.05) is 14.7 Å². The van der Waals surface area contributed by atoms with E-state index in [2.05, 4.69) is 506 Å². The van der Waals surface area contributed by atoms with Crippen LogP contribution in [0.3, 0.4) is 0 Å². The minimum absolute atomic E-state index is 1.13. The van der Waals surface area contributed by atoms with Gasteiger partial charge in [0.25, 0.3) is 0 Å². The lowest BCUT2D eigenvalue weighted by Crippen LogP contribution is -2.09. The normalized spacial score (nSPS) is 11.1. The first-order chi connectivity index (χ1) is 58.0. The average Bonchev–Trinajstić information content (AvgIpc) is 0.789. The highest BCUT2D eigenvalue weighted by atomic mass is 15.2. The van der Waals surface area contributed by atoms with Crippen molar-refractivity contribution < 1.29 is 0 Å². The van der Waals surface area contributed by atoms with Gasteiger partial charge in [0.15, 0.2) is 0 Å². The summed E-state index contributed by atoms with van der Waals surface area (Å²) in [5, 5.41) is 15.1. The lowest BCUT2D eigenvalue weighted by Gasteiger charge is -2.25. The van der Waals surface area contributed by atoms with E-state index in [9.17, 15) is 0 Å². The summed E-state index contributed by atoms with van der Waals surface area (Å²) in [6, 6.07) is 176. The van der Waals surface area contributed by atoms with Gasteiger partial charge in [0.05, 0.1) is 0 Å². The first-order valence-corrected chi connectivity index (χ1v) is 40.1. The van der Waals surface area contributed by atoms with Gasteiger partial charge in [-0.3, -0.25) is 0 Å². The molecule has 0 aromatic heterocycles. The van der Waals surface area contributed by atoms with E-state index >= 15 is 0 Å². The predicted molar refractivity (Wildman–Crippen MR) is 501 cm³/mol. The largest absolute Gasteiger partial charge is 0.311 e. The number of para-hydroxylation sites is 6. The zero-order chi connectivity index (χ0) is 78.1. The van der Waals surface area contributed by atoms with Crippen LogP contribution in [0.4, 0.5) is 51.2 Å². The molecule has 0 heterocycles. The molecule has 21 rings (SSSR count). The van der Waals surface area contributed by atoms with Gasteiger partial charge in [-0.15, -0.1) is 0 Å². The van der Waals surface area contributed by atoms with Crippen molar-refractivity contribution in [2.45, 2.75) is 0 Å². The van der Waals surface area contributed by atoms with Crippen LogP contribution in [-0.2, 0) is 0 Å². The number of benzene rings is 21. The fourth-order valence-electron chi connectivity index (χ4n) is 16.3. The number of rotatable bonds is 15. The molecule has 3 heteroatoms. The van der Waals surface area contributed by atoms with Crippen molar-refractivity contribution in [3.63, 3.8) is 0 Å². The zero-order valence-corrected chi connectivity index (χ0v) is 64.6. The van der Waals surface area contributed by atoms with Gasteiger partial charge in [0.2, 0.25) is 0 Å². The Balaban J connectivity index is 0.000000117. The molecule has 0 unspecified atom stereocenters. The molecule has 0 spiro atoms. The van der Waals surface area contributed by atoms with E-state index in [-0.39, 0.29) is 0 Å². The second-order valence-electron chi connectivity index (χ2n) is 29.6. The van der Waals surface area contributed by atoms with Crippen LogP contribution in [-0.4, -0.2) is 0 Å². The van der Waals surface area contributed by atoms with E-state index < -0.39 is 0 Å². The second kappa shape index (κ2) is 33.1. The van der Waals surface area contributed by atoms with Crippen LogP contribution in [0.5, 0.6) is 0 Å². The average molecular weight is 1490 g/mol. The van der Waals surface area contributed by atoms with Crippen molar-refractivity contribution in [1.82, 2.24) is 0 Å². The Labute approximate surface area is 684 Å². The summed E-state index contributed by atoms with van der Waals surface area (Å²) in [7, 11) is 0. The monoisotopic (exact) mass is 1490 g/mol. The molecule has 0 saturated carbocycles. The van der Waals surface area contributed by atoms with Crippen LogP contribution in [0.1, 0.15) is 0 Å². The Kier molecular flexibility index (Phi) is 20.3. The van der Waals surface area contributed by atoms with Crippen molar-refractivity contribution in [3.8, 4) is 66.8 Å². The van der Waals surface area contributed by atoms with Crippen LogP contribution in [0.2, 0.25) is 0 Å². The summed E-state index contributed by atoms with van der Waals surface area (Å²) in [6.07, 6.45) is 0. The molecule has 117 heavy (non-hydrogen) atoms. The predicted octanol–water partition coefficient (Wildman–Crippen LogP) is 32.4. The first kappa shape index (κ1) is 71.9. The van der Waals surface area contributed by atoms with Crippen molar-refractivity contribution in [3.05, 3.63) is 491 Å². The highest BCUT2D eigenvalue weighted by molar-refractivity contribution is 6.02. The Morgan fingerprint density at radius 3 is 0.607 bits per heavy atom. The molecule has 21 aromatic rings. The third-order valence-corrected chi connectivity index (χ3v) is 22.3. The molecule has 0 atom stereocenters. The van der Waals surface area contributed by atoms with Gasteiger partial charge < -0.3 is 14.7 Å². The molecule has 0 amide bonds. The molecule has 3 nitrogen and oxygen atoms in total. The fourth-order valence-corrected chi connectivity index (χ4v) is 16.3. The van der Waals surface area contributed by atoms with E-state index in [0.29, 0.717) is 0 Å². The maximum Gasteiger partial charge on any atom is 0.0462 e. The number of anilines is 9. The smallest absolute Gasteiger partial charge is 0.0462 e. The third-order valence-electron chi connectivity index (χ3n) is 22.3. The van der Waals surface area contributed by atoms with E-state index in [1.807, 2.05) is 0 Å². The third kappa shape index (κ3) is 15.6. The molecule has 0 fully saturated rings. The van der Waals surface area contributed by atoms with E-state index in [4.69, 9.17) is 0 Å². The molecular weight excluding hydrogens is 1410 g/mol. The second-order valence-corrected chi connectivity index (χ2v) is 29.6. The highest BCUT2D eigenvalue weighted by Gasteiger charge is 2.18. The topological polar surface area (TPSA) is 9.72 Å². The van der Waals surface area contributed by atoms with Gasteiger partial charge in [-0.25, -0.2) is 0 Å². The number of hydrogen-bond donors (Lipinski definition) is 0. The number of hydrogen-bond acceptors (Lipinski definition) is 3. The van der Waals surface area contributed by atoms with Gasteiger partial charge >= 0.3 is 0 Å². The van der Waals surface area contributed by atoms with Gasteiger partial charge in [0.1, 0.15) is 0 Å². The van der Waals surface area contributed by atoms with Crippen molar-refractivity contribution in [1.29, 1.82) is 0 Å². The Morgan fingerprint density at radius 2 is 0.291 bits per heavy atom. The SMILES string of the molecule is c1ccc(N(c2ccccc2)c2ccc(-c3ccc4cc(-c5cccc6ccccc56)ccc4c3)cc2)cc1.c1ccc(N(c2ccccc2)c2ccc(-c3ccc4ccc(-c5ccc6ccccc6c5)cc4c3)cc2)cc1.c1ccc(N(c2ccccc2)c2ccc(-c3ccc4ccc(-c5cccc6ccccc56)cc4c3)cc2)cc1. The van der Waals surface area contributed by atoms with E-state index in [1.165, 1.54) is 131 Å². The highest BCUT2D eigenvalue weighted by Crippen LogP contribution is 2.42. The quantitative estimate of drug-likeness (QED) is 0.101. The number of nitrogens with zero attached hydrogens (tertiary/aromatic N) is 3. The van der Waals surface area contributed by atoms with Crippen LogP contribution >= 0.6 is 0 Å². The van der Waals surface area contributed by atoms with Crippen LogP contribution < -0.4 is 14.7 Å². The standard InChI is InChI=1S/3C38H27N/c1-3-12-34(13-4-1)39(35-14-5-2-6-15-35)36-24-22-28(23-25-36)31-20-18-29-19-21-32(27-33(29)26-31)38-17-9-11-30-10-7-8-16-37(30)38;1-3-12-34(13-4-1)39(35-14-5-2-6-15-35)36-24-22-28(23-25-36)30-18-19-32-27-33(21-20-31(32)26-30)38-17-9-11-29-10-7-8-16-37(29)38;1-3-11-36(12-4-1)39(37-13-5-2-6-14-37)38-23-21-29(22-24-38)32-18-16-30-17-20-34(27-35(30)26-32)33-19-15-28-9-7-8-10-31(28)25-33/h3*1-27H. The molecule has 0 N–H and O–H groups in total. The van der Waals surface area contributed by atoms with Gasteiger partial charge in [-0.05, 0) is 283 Å². The summed E-state index contributed by atoms with van der Waals surface area (Å²) in [5.41, 5.74) is 25.1. The molecule has 0 aliphatic rings. The number of fused-ring (bicyclic) bond motifs is 6. The summed E-state index contributed by atoms with van der Waals surface area (Å²) >= 11 is 0. The van der Waals surface area contributed by atoms with E-state index in [0.717, 1.165) is 51.2 Å². The Morgan fingerprint density at radius 1 is 0.103 bits per heavy atom. The van der Waals surface area contributed by atoms with Crippen molar-refractivity contribution in [2.24, 2.45) is 0 Å². The summed E-state index contributed by atoms with van der Waals surface area (Å²) in [5.74, 6) is 0. The summed E-state index contributed by atoms with van der Waals surface area (Å²) in [6.45, 7) is 0. The van der Waals surface area contributed by atoms with Crippen LogP contribution in [0.25, 0.3) is 131 Å². The summed E-state index contributed by atoms with van der Waals surface area (Å²) in [4.78, 5) is 6.87. The van der Waals surface area contributed by atoms with Gasteiger partial charge in [0, 0.05) is 51.2 Å². The molecule has 0 bridgehead atoms. The molecule has 0 aliphatic carbocycles. The molecule has 0 radical (unpaired) electrons. The lowest BCUT2D eigenvalue weighted by atomic mass is 9.95. The van der Waals surface area contributed by atoms with E-state index in [1.54, 1.807) is 0 Å². The minimum atomic E-state index is 1.13. The molecule has 21 aromatic carbocycles. The molecular formula is C114H81N3.